The van der Waals surface area contributed by atoms with Crippen LogP contribution in [-0.4, -0.2) is 37.0 Å². The van der Waals surface area contributed by atoms with Gasteiger partial charge >= 0.3 is 0 Å². The number of hydrogen-bond acceptors (Lipinski definition) is 3. The van der Waals surface area contributed by atoms with Gasteiger partial charge in [0.25, 0.3) is 5.91 Å². The summed E-state index contributed by atoms with van der Waals surface area (Å²) in [5, 5.41) is 4.97. The number of piperidine rings is 1. The van der Waals surface area contributed by atoms with Gasteiger partial charge in [-0.1, -0.05) is 0 Å². The van der Waals surface area contributed by atoms with Crippen LogP contribution in [0.3, 0.4) is 0 Å². The summed E-state index contributed by atoms with van der Waals surface area (Å²) in [5.41, 5.74) is 0.760. The van der Waals surface area contributed by atoms with Crippen molar-refractivity contribution < 1.29 is 4.79 Å². The van der Waals surface area contributed by atoms with Crippen LogP contribution in [0, 0.1) is 0 Å². The molecule has 0 aliphatic carbocycles. The van der Waals surface area contributed by atoms with Gasteiger partial charge < -0.3 is 10.2 Å². The average molecular weight is 303 g/mol. The Morgan fingerprint density at radius 2 is 2.25 bits per heavy atom. The fourth-order valence-electron chi connectivity index (χ4n) is 1.85. The highest BCUT2D eigenvalue weighted by Gasteiger charge is 2.19. The molecule has 0 aromatic carbocycles. The monoisotopic (exact) mass is 302 g/mol. The summed E-state index contributed by atoms with van der Waals surface area (Å²) < 4.78 is 1.00. The molecule has 1 aliphatic heterocycles. The minimum atomic E-state index is 0.0523. The first-order valence-corrected chi connectivity index (χ1v) is 7.06. The lowest BCUT2D eigenvalue weighted by atomic mass is 10.1. The van der Waals surface area contributed by atoms with Gasteiger partial charge in [0.05, 0.1) is 9.35 Å². The van der Waals surface area contributed by atoms with Gasteiger partial charge in [0.1, 0.15) is 0 Å². The van der Waals surface area contributed by atoms with E-state index in [1.165, 1.54) is 0 Å². The van der Waals surface area contributed by atoms with Gasteiger partial charge in [0.15, 0.2) is 0 Å². The minimum Gasteiger partial charge on any atom is -0.349 e. The zero-order valence-corrected chi connectivity index (χ0v) is 11.6. The van der Waals surface area contributed by atoms with Crippen molar-refractivity contribution in [1.29, 1.82) is 0 Å². The second-order valence-electron chi connectivity index (χ2n) is 4.19. The Labute approximate surface area is 108 Å². The van der Waals surface area contributed by atoms with Crippen molar-refractivity contribution in [3.8, 4) is 0 Å². The Balaban J connectivity index is 1.88. The SMILES string of the molecule is CN1CCC(NC(=O)c2csc(Br)c2)CC1. The minimum absolute atomic E-state index is 0.0523. The van der Waals surface area contributed by atoms with E-state index in [1.54, 1.807) is 11.3 Å². The van der Waals surface area contributed by atoms with Crippen LogP contribution in [0.2, 0.25) is 0 Å². The van der Waals surface area contributed by atoms with Crippen molar-refractivity contribution in [1.82, 2.24) is 10.2 Å². The van der Waals surface area contributed by atoms with E-state index in [1.807, 2.05) is 11.4 Å². The number of carbonyl (C=O) groups is 1. The molecule has 1 aromatic heterocycles. The molecule has 1 fully saturated rings. The van der Waals surface area contributed by atoms with E-state index in [0.717, 1.165) is 35.3 Å². The topological polar surface area (TPSA) is 32.3 Å². The van der Waals surface area contributed by atoms with Crippen LogP contribution in [0.1, 0.15) is 23.2 Å². The average Bonchev–Trinajstić information content (AvgIpc) is 2.68. The molecule has 5 heteroatoms. The molecule has 2 heterocycles. The molecule has 0 unspecified atom stereocenters. The standard InChI is InChI=1S/C11H15BrN2OS/c1-14-4-2-9(3-5-14)13-11(15)8-6-10(12)16-7-8/h6-7,9H,2-5H2,1H3,(H,13,15). The molecule has 0 radical (unpaired) electrons. The third-order valence-electron chi connectivity index (χ3n) is 2.88. The Hall–Kier alpha value is -0.390. The molecule has 1 N–H and O–H groups in total. The number of halogens is 1. The molecular weight excluding hydrogens is 288 g/mol. The first kappa shape index (κ1) is 12.1. The summed E-state index contributed by atoms with van der Waals surface area (Å²) in [6.07, 6.45) is 2.10. The summed E-state index contributed by atoms with van der Waals surface area (Å²) >= 11 is 4.91. The lowest BCUT2D eigenvalue weighted by Gasteiger charge is -2.29. The molecule has 16 heavy (non-hydrogen) atoms. The van der Waals surface area contributed by atoms with E-state index in [0.29, 0.717) is 6.04 Å². The van der Waals surface area contributed by atoms with Crippen molar-refractivity contribution in [3.05, 3.63) is 20.8 Å². The Bertz CT molecular complexity index is 372. The van der Waals surface area contributed by atoms with Crippen molar-refractivity contribution in [2.75, 3.05) is 20.1 Å². The summed E-state index contributed by atoms with van der Waals surface area (Å²) in [4.78, 5) is 14.2. The maximum Gasteiger partial charge on any atom is 0.252 e. The van der Waals surface area contributed by atoms with Gasteiger partial charge in [-0.25, -0.2) is 0 Å². The molecule has 0 atom stereocenters. The smallest absolute Gasteiger partial charge is 0.252 e. The van der Waals surface area contributed by atoms with E-state index in [-0.39, 0.29) is 5.91 Å². The highest BCUT2D eigenvalue weighted by molar-refractivity contribution is 9.11. The maximum absolute atomic E-state index is 11.9. The van der Waals surface area contributed by atoms with Gasteiger partial charge in [0.2, 0.25) is 0 Å². The zero-order chi connectivity index (χ0) is 11.5. The van der Waals surface area contributed by atoms with E-state index in [4.69, 9.17) is 0 Å². The van der Waals surface area contributed by atoms with Crippen LogP contribution in [0.15, 0.2) is 15.2 Å². The quantitative estimate of drug-likeness (QED) is 0.909. The van der Waals surface area contributed by atoms with Gasteiger partial charge in [-0.15, -0.1) is 11.3 Å². The summed E-state index contributed by atoms with van der Waals surface area (Å²) in [6.45, 7) is 2.14. The number of likely N-dealkylation sites (tertiary alicyclic amines) is 1. The normalized spacial score (nSPS) is 18.6. The Kier molecular flexibility index (Phi) is 4.00. The number of amides is 1. The van der Waals surface area contributed by atoms with Crippen LogP contribution in [0.25, 0.3) is 0 Å². The predicted molar refractivity (Wildman–Crippen MR) is 70.0 cm³/mol. The molecule has 1 amide bonds. The van der Waals surface area contributed by atoms with Crippen molar-refractivity contribution in [3.63, 3.8) is 0 Å². The molecule has 3 nitrogen and oxygen atoms in total. The van der Waals surface area contributed by atoms with Gasteiger partial charge in [-0.05, 0) is 55.0 Å². The first-order valence-electron chi connectivity index (χ1n) is 5.38. The molecule has 0 bridgehead atoms. The largest absolute Gasteiger partial charge is 0.349 e. The lowest BCUT2D eigenvalue weighted by Crippen LogP contribution is -2.43. The predicted octanol–water partition coefficient (Wildman–Crippen LogP) is 2.33. The second kappa shape index (κ2) is 5.29. The molecular formula is C11H15BrN2OS. The maximum atomic E-state index is 11.9. The van der Waals surface area contributed by atoms with Crippen molar-refractivity contribution >= 4 is 33.2 Å². The number of nitrogens with one attached hydrogen (secondary N) is 1. The molecule has 1 aromatic rings. The summed E-state index contributed by atoms with van der Waals surface area (Å²) in [5.74, 6) is 0.0523. The van der Waals surface area contributed by atoms with E-state index in [9.17, 15) is 4.79 Å². The molecule has 0 spiro atoms. The van der Waals surface area contributed by atoms with E-state index >= 15 is 0 Å². The molecule has 2 rings (SSSR count). The zero-order valence-electron chi connectivity index (χ0n) is 9.20. The number of carbonyl (C=O) groups excluding carboxylic acids is 1. The van der Waals surface area contributed by atoms with Gasteiger partial charge in [0, 0.05) is 11.4 Å². The fourth-order valence-corrected chi connectivity index (χ4v) is 2.99. The highest BCUT2D eigenvalue weighted by Crippen LogP contribution is 2.21. The summed E-state index contributed by atoms with van der Waals surface area (Å²) in [6, 6.07) is 2.21. The van der Waals surface area contributed by atoms with Crippen LogP contribution in [0.5, 0.6) is 0 Å². The van der Waals surface area contributed by atoms with Gasteiger partial charge in [-0.3, -0.25) is 4.79 Å². The number of thiophene rings is 1. The molecule has 1 aliphatic rings. The van der Waals surface area contributed by atoms with Crippen LogP contribution in [0.4, 0.5) is 0 Å². The van der Waals surface area contributed by atoms with Crippen LogP contribution >= 0.6 is 27.3 Å². The van der Waals surface area contributed by atoms with E-state index in [2.05, 4.69) is 33.2 Å². The van der Waals surface area contributed by atoms with E-state index < -0.39 is 0 Å². The van der Waals surface area contributed by atoms with Gasteiger partial charge in [-0.2, -0.15) is 0 Å². The van der Waals surface area contributed by atoms with Crippen LogP contribution in [-0.2, 0) is 0 Å². The summed E-state index contributed by atoms with van der Waals surface area (Å²) in [7, 11) is 2.12. The number of nitrogens with zero attached hydrogens (tertiary/aromatic N) is 1. The molecule has 88 valence electrons. The van der Waals surface area contributed by atoms with Crippen LogP contribution < -0.4 is 5.32 Å². The highest BCUT2D eigenvalue weighted by atomic mass is 79.9. The Morgan fingerprint density at radius 3 is 2.81 bits per heavy atom. The lowest BCUT2D eigenvalue weighted by molar-refractivity contribution is 0.0917. The number of rotatable bonds is 2. The third-order valence-corrected chi connectivity index (χ3v) is 4.39. The first-order chi connectivity index (χ1) is 7.65. The molecule has 1 saturated heterocycles. The van der Waals surface area contributed by atoms with Crippen molar-refractivity contribution in [2.24, 2.45) is 0 Å². The molecule has 0 saturated carbocycles. The second-order valence-corrected chi connectivity index (χ2v) is 6.48. The third kappa shape index (κ3) is 3.06. The van der Waals surface area contributed by atoms with Crippen molar-refractivity contribution in [2.45, 2.75) is 18.9 Å². The fraction of sp³-hybridized carbons (Fsp3) is 0.545. The Morgan fingerprint density at radius 1 is 1.56 bits per heavy atom. The number of hydrogen-bond donors (Lipinski definition) is 1.